The van der Waals surface area contributed by atoms with Crippen molar-refractivity contribution in [2.24, 2.45) is 0 Å². The van der Waals surface area contributed by atoms with Crippen LogP contribution in [0.15, 0.2) is 54.6 Å². The largest absolute Gasteiger partial charge is 0.352 e. The topological polar surface area (TPSA) is 49.4 Å². The number of nitrogens with zero attached hydrogens (tertiary/aromatic N) is 1. The highest BCUT2D eigenvalue weighted by Gasteiger charge is 2.29. The molecule has 0 aromatic heterocycles. The second kappa shape index (κ2) is 12.7. The summed E-state index contributed by atoms with van der Waals surface area (Å²) >= 11 is 7.91. The molecule has 0 saturated heterocycles. The molecule has 2 rings (SSSR count). The van der Waals surface area contributed by atoms with Gasteiger partial charge < -0.3 is 10.2 Å². The lowest BCUT2D eigenvalue weighted by molar-refractivity contribution is -0.139. The van der Waals surface area contributed by atoms with E-state index in [0.29, 0.717) is 23.7 Å². The number of hydrogen-bond donors (Lipinski definition) is 1. The molecule has 0 unspecified atom stereocenters. The number of carbonyl (C=O) groups is 2. The summed E-state index contributed by atoms with van der Waals surface area (Å²) in [6, 6.07) is 17.1. The summed E-state index contributed by atoms with van der Waals surface area (Å²) in [5.74, 6) is 0.900. The van der Waals surface area contributed by atoms with Gasteiger partial charge in [0.05, 0.1) is 5.75 Å². The predicted molar refractivity (Wildman–Crippen MR) is 127 cm³/mol. The first-order valence-electron chi connectivity index (χ1n) is 10.4. The van der Waals surface area contributed by atoms with Crippen LogP contribution in [0.5, 0.6) is 0 Å². The molecule has 0 heterocycles. The fraction of sp³-hybridized carbons (Fsp3) is 0.417. The predicted octanol–water partition coefficient (Wildman–Crippen LogP) is 5.30. The first-order valence-corrected chi connectivity index (χ1v) is 11.9. The molecule has 2 amide bonds. The number of carbonyl (C=O) groups excluding carboxylic acids is 2. The Morgan fingerprint density at radius 3 is 2.33 bits per heavy atom. The number of halogens is 1. The van der Waals surface area contributed by atoms with Gasteiger partial charge in [0.25, 0.3) is 0 Å². The zero-order valence-corrected chi connectivity index (χ0v) is 19.5. The minimum Gasteiger partial charge on any atom is -0.352 e. The maximum Gasteiger partial charge on any atom is 0.243 e. The van der Waals surface area contributed by atoms with Crippen molar-refractivity contribution in [3.05, 3.63) is 70.7 Å². The lowest BCUT2D eigenvalue weighted by atomic mass is 10.1. The molecular formula is C24H31ClN2O2S. The smallest absolute Gasteiger partial charge is 0.243 e. The van der Waals surface area contributed by atoms with Crippen molar-refractivity contribution in [3.63, 3.8) is 0 Å². The summed E-state index contributed by atoms with van der Waals surface area (Å²) in [5, 5.41) is 3.63. The SMILES string of the molecule is CC[C@@H](C)NC(=O)[C@H](CC)N(Cc1ccccc1Cl)C(=O)CSCc1ccccc1. The highest BCUT2D eigenvalue weighted by Crippen LogP contribution is 2.21. The van der Waals surface area contributed by atoms with Crippen LogP contribution in [-0.4, -0.2) is 34.6 Å². The van der Waals surface area contributed by atoms with E-state index in [-0.39, 0.29) is 17.9 Å². The van der Waals surface area contributed by atoms with Crippen molar-refractivity contribution < 1.29 is 9.59 Å². The highest BCUT2D eigenvalue weighted by atomic mass is 35.5. The maximum absolute atomic E-state index is 13.2. The van der Waals surface area contributed by atoms with Crippen LogP contribution in [0.2, 0.25) is 5.02 Å². The minimum absolute atomic E-state index is 0.0537. The quantitative estimate of drug-likeness (QED) is 0.509. The Bertz CT molecular complexity index is 816. The molecule has 0 fully saturated rings. The zero-order valence-electron chi connectivity index (χ0n) is 17.9. The Hall–Kier alpha value is -1.98. The molecule has 0 saturated carbocycles. The lowest BCUT2D eigenvalue weighted by Gasteiger charge is -2.31. The number of benzene rings is 2. The maximum atomic E-state index is 13.2. The van der Waals surface area contributed by atoms with Gasteiger partial charge in [0, 0.05) is 23.4 Å². The van der Waals surface area contributed by atoms with Crippen LogP contribution in [0, 0.1) is 0 Å². The summed E-state index contributed by atoms with van der Waals surface area (Å²) in [5.41, 5.74) is 2.02. The third kappa shape index (κ3) is 7.37. The molecule has 30 heavy (non-hydrogen) atoms. The van der Waals surface area contributed by atoms with Gasteiger partial charge in [-0.1, -0.05) is 74.0 Å². The standard InChI is InChI=1S/C24H31ClN2O2S/c1-4-18(3)26-24(29)22(5-2)27(15-20-13-9-10-14-21(20)25)23(28)17-30-16-19-11-7-6-8-12-19/h6-14,18,22H,4-5,15-17H2,1-3H3,(H,26,29)/t18-,22+/m1/s1. The van der Waals surface area contributed by atoms with E-state index in [1.807, 2.05) is 75.4 Å². The Morgan fingerprint density at radius 2 is 1.70 bits per heavy atom. The van der Waals surface area contributed by atoms with E-state index >= 15 is 0 Å². The van der Waals surface area contributed by atoms with Gasteiger partial charge in [-0.05, 0) is 37.0 Å². The van der Waals surface area contributed by atoms with Crippen LogP contribution in [0.25, 0.3) is 0 Å². The van der Waals surface area contributed by atoms with E-state index in [9.17, 15) is 9.59 Å². The van der Waals surface area contributed by atoms with Gasteiger partial charge >= 0.3 is 0 Å². The monoisotopic (exact) mass is 446 g/mol. The van der Waals surface area contributed by atoms with Gasteiger partial charge in [0.2, 0.25) is 11.8 Å². The van der Waals surface area contributed by atoms with Gasteiger partial charge in [-0.15, -0.1) is 11.8 Å². The highest BCUT2D eigenvalue weighted by molar-refractivity contribution is 7.99. The molecular weight excluding hydrogens is 416 g/mol. The van der Waals surface area contributed by atoms with E-state index in [4.69, 9.17) is 11.6 Å². The molecule has 4 nitrogen and oxygen atoms in total. The third-order valence-corrected chi connectivity index (χ3v) is 6.38. The fourth-order valence-electron chi connectivity index (χ4n) is 3.08. The molecule has 2 aromatic rings. The minimum atomic E-state index is -0.528. The second-order valence-electron chi connectivity index (χ2n) is 7.33. The number of rotatable bonds is 11. The fourth-order valence-corrected chi connectivity index (χ4v) is 4.15. The van der Waals surface area contributed by atoms with E-state index in [1.54, 1.807) is 16.7 Å². The van der Waals surface area contributed by atoms with Crippen molar-refractivity contribution in [3.8, 4) is 0 Å². The molecule has 2 aromatic carbocycles. The van der Waals surface area contributed by atoms with Crippen LogP contribution in [-0.2, 0) is 21.9 Å². The number of hydrogen-bond acceptors (Lipinski definition) is 3. The normalized spacial score (nSPS) is 12.8. The average molecular weight is 447 g/mol. The van der Waals surface area contributed by atoms with Crippen molar-refractivity contribution in [1.82, 2.24) is 10.2 Å². The van der Waals surface area contributed by atoms with Crippen molar-refractivity contribution in [2.45, 2.75) is 58.0 Å². The van der Waals surface area contributed by atoms with Crippen LogP contribution in [0.1, 0.15) is 44.7 Å². The van der Waals surface area contributed by atoms with Gasteiger partial charge in [-0.3, -0.25) is 9.59 Å². The van der Waals surface area contributed by atoms with Crippen LogP contribution < -0.4 is 5.32 Å². The van der Waals surface area contributed by atoms with Gasteiger partial charge in [0.15, 0.2) is 0 Å². The first-order chi connectivity index (χ1) is 14.5. The molecule has 0 aliphatic rings. The summed E-state index contributed by atoms with van der Waals surface area (Å²) < 4.78 is 0. The van der Waals surface area contributed by atoms with Crippen LogP contribution in [0.3, 0.4) is 0 Å². The average Bonchev–Trinajstić information content (AvgIpc) is 2.75. The summed E-state index contributed by atoms with van der Waals surface area (Å²) in [7, 11) is 0. The van der Waals surface area contributed by atoms with Crippen molar-refractivity contribution >= 4 is 35.2 Å². The summed E-state index contributed by atoms with van der Waals surface area (Å²) in [4.78, 5) is 27.8. The van der Waals surface area contributed by atoms with Crippen molar-refractivity contribution in [1.29, 1.82) is 0 Å². The molecule has 0 radical (unpaired) electrons. The summed E-state index contributed by atoms with van der Waals surface area (Å²) in [6.45, 7) is 6.25. The number of amides is 2. The van der Waals surface area contributed by atoms with Gasteiger partial charge in [0.1, 0.15) is 6.04 Å². The number of thioether (sulfide) groups is 1. The second-order valence-corrected chi connectivity index (χ2v) is 8.73. The van der Waals surface area contributed by atoms with Crippen LogP contribution in [0.4, 0.5) is 0 Å². The van der Waals surface area contributed by atoms with Crippen LogP contribution >= 0.6 is 23.4 Å². The Kier molecular flexibility index (Phi) is 10.2. The Balaban J connectivity index is 2.15. The van der Waals surface area contributed by atoms with E-state index < -0.39 is 6.04 Å². The Morgan fingerprint density at radius 1 is 1.03 bits per heavy atom. The van der Waals surface area contributed by atoms with E-state index in [0.717, 1.165) is 17.7 Å². The number of nitrogens with one attached hydrogen (secondary N) is 1. The lowest BCUT2D eigenvalue weighted by Crippen LogP contribution is -2.51. The summed E-state index contributed by atoms with van der Waals surface area (Å²) in [6.07, 6.45) is 1.38. The molecule has 6 heteroatoms. The first kappa shape index (κ1) is 24.3. The molecule has 0 aliphatic heterocycles. The van der Waals surface area contributed by atoms with Gasteiger partial charge in [-0.25, -0.2) is 0 Å². The van der Waals surface area contributed by atoms with E-state index in [1.165, 1.54) is 5.56 Å². The van der Waals surface area contributed by atoms with Crippen molar-refractivity contribution in [2.75, 3.05) is 5.75 Å². The van der Waals surface area contributed by atoms with E-state index in [2.05, 4.69) is 5.32 Å². The zero-order chi connectivity index (χ0) is 21.9. The molecule has 1 N–H and O–H groups in total. The molecule has 2 atom stereocenters. The molecule has 0 spiro atoms. The third-order valence-electron chi connectivity index (χ3n) is 5.02. The van der Waals surface area contributed by atoms with Gasteiger partial charge in [-0.2, -0.15) is 0 Å². The Labute approximate surface area is 189 Å². The molecule has 0 bridgehead atoms. The molecule has 0 aliphatic carbocycles. The molecule has 162 valence electrons.